The fourth-order valence-electron chi connectivity index (χ4n) is 3.43. The molecule has 0 aliphatic carbocycles. The predicted octanol–water partition coefficient (Wildman–Crippen LogP) is 2.62. The molecule has 0 spiro atoms. The number of imidazole rings is 1. The third kappa shape index (κ3) is 7.04. The van der Waals surface area contributed by atoms with Gasteiger partial charge in [0.05, 0.1) is 18.9 Å². The van der Waals surface area contributed by atoms with Crippen molar-refractivity contribution in [1.82, 2.24) is 24.7 Å². The van der Waals surface area contributed by atoms with Gasteiger partial charge in [-0.05, 0) is 39.3 Å². The van der Waals surface area contributed by atoms with E-state index in [0.29, 0.717) is 31.5 Å². The summed E-state index contributed by atoms with van der Waals surface area (Å²) in [5.41, 5.74) is 0. The Labute approximate surface area is 159 Å². The Balaban J connectivity index is 1.90. The van der Waals surface area contributed by atoms with Crippen molar-refractivity contribution in [2.75, 3.05) is 46.3 Å². The average Bonchev–Trinajstić information content (AvgIpc) is 3.11. The zero-order valence-electron chi connectivity index (χ0n) is 16.4. The second kappa shape index (κ2) is 9.96. The van der Waals surface area contributed by atoms with E-state index in [9.17, 15) is 13.2 Å². The van der Waals surface area contributed by atoms with Crippen LogP contribution in [0.2, 0.25) is 0 Å². The monoisotopic (exact) mass is 388 g/mol. The number of hydrogen-bond donors (Lipinski definition) is 1. The lowest BCUT2D eigenvalue weighted by molar-refractivity contribution is -0.143. The highest BCUT2D eigenvalue weighted by atomic mass is 19.4. The van der Waals surface area contributed by atoms with Crippen LogP contribution in [-0.4, -0.2) is 77.8 Å². The predicted molar refractivity (Wildman–Crippen MR) is 101 cm³/mol. The highest BCUT2D eigenvalue weighted by Crippen LogP contribution is 2.27. The van der Waals surface area contributed by atoms with Crippen molar-refractivity contribution in [2.24, 2.45) is 10.9 Å². The highest BCUT2D eigenvalue weighted by Gasteiger charge is 2.29. The summed E-state index contributed by atoms with van der Waals surface area (Å²) >= 11 is 0. The van der Waals surface area contributed by atoms with Gasteiger partial charge in [0.2, 0.25) is 0 Å². The Hall–Kier alpha value is -1.77. The molecule has 1 aliphatic heterocycles. The minimum absolute atomic E-state index is 0.336. The van der Waals surface area contributed by atoms with Gasteiger partial charge >= 0.3 is 6.18 Å². The molecule has 2 atom stereocenters. The smallest absolute Gasteiger partial charge is 0.357 e. The topological polar surface area (TPSA) is 48.7 Å². The summed E-state index contributed by atoms with van der Waals surface area (Å²) in [4.78, 5) is 12.3. The van der Waals surface area contributed by atoms with Crippen LogP contribution >= 0.6 is 0 Å². The fourth-order valence-corrected chi connectivity index (χ4v) is 3.43. The number of alkyl halides is 3. The van der Waals surface area contributed by atoms with Crippen LogP contribution in [0.4, 0.5) is 13.2 Å². The summed E-state index contributed by atoms with van der Waals surface area (Å²) in [5, 5.41) is 3.32. The summed E-state index contributed by atoms with van der Waals surface area (Å²) in [7, 11) is 1.49. The molecule has 0 amide bonds. The number of halogens is 3. The first-order valence-electron chi connectivity index (χ1n) is 9.56. The molecule has 2 unspecified atom stereocenters. The van der Waals surface area contributed by atoms with Gasteiger partial charge in [-0.25, -0.2) is 4.98 Å². The first kappa shape index (κ1) is 21.5. The molecule has 0 saturated carbocycles. The summed E-state index contributed by atoms with van der Waals surface area (Å²) in [6.07, 6.45) is 3.14. The molecule has 0 aromatic carbocycles. The van der Waals surface area contributed by atoms with Crippen molar-refractivity contribution in [3.8, 4) is 0 Å². The van der Waals surface area contributed by atoms with Gasteiger partial charge < -0.3 is 14.8 Å². The van der Waals surface area contributed by atoms with Gasteiger partial charge in [0.15, 0.2) is 5.96 Å². The molecule has 154 valence electrons. The van der Waals surface area contributed by atoms with Crippen molar-refractivity contribution >= 4 is 5.96 Å². The van der Waals surface area contributed by atoms with E-state index >= 15 is 0 Å². The molecule has 1 aromatic rings. The van der Waals surface area contributed by atoms with Crippen molar-refractivity contribution in [3.05, 3.63) is 18.7 Å². The molecule has 1 aliphatic rings. The maximum absolute atomic E-state index is 12.4. The van der Waals surface area contributed by atoms with E-state index in [1.165, 1.54) is 11.9 Å². The van der Waals surface area contributed by atoms with E-state index in [0.717, 1.165) is 32.0 Å². The number of aliphatic imine (C=N–C) groups is 1. The van der Waals surface area contributed by atoms with E-state index < -0.39 is 12.7 Å². The van der Waals surface area contributed by atoms with Gasteiger partial charge in [-0.3, -0.25) is 9.89 Å². The Kier molecular flexibility index (Phi) is 7.94. The number of likely N-dealkylation sites (tertiary alicyclic amines) is 1. The van der Waals surface area contributed by atoms with E-state index in [1.54, 1.807) is 6.20 Å². The molecule has 2 heterocycles. The minimum atomic E-state index is -4.15. The van der Waals surface area contributed by atoms with Crippen LogP contribution in [0, 0.1) is 5.92 Å². The van der Waals surface area contributed by atoms with E-state index in [2.05, 4.69) is 31.7 Å². The van der Waals surface area contributed by atoms with E-state index in [4.69, 9.17) is 0 Å². The largest absolute Gasteiger partial charge is 0.401 e. The van der Waals surface area contributed by atoms with Gasteiger partial charge in [-0.2, -0.15) is 13.2 Å². The van der Waals surface area contributed by atoms with Crippen LogP contribution in [0.5, 0.6) is 0 Å². The first-order chi connectivity index (χ1) is 12.8. The summed E-state index contributed by atoms with van der Waals surface area (Å²) in [6, 6.07) is 0.336. The van der Waals surface area contributed by atoms with Crippen molar-refractivity contribution in [1.29, 1.82) is 0 Å². The molecule has 1 N–H and O–H groups in total. The summed E-state index contributed by atoms with van der Waals surface area (Å²) in [6.45, 7) is 6.80. The average molecular weight is 388 g/mol. The van der Waals surface area contributed by atoms with Crippen molar-refractivity contribution in [3.63, 3.8) is 0 Å². The number of guanidine groups is 1. The van der Waals surface area contributed by atoms with Gasteiger partial charge in [-0.15, -0.1) is 0 Å². The van der Waals surface area contributed by atoms with Gasteiger partial charge in [-0.1, -0.05) is 6.92 Å². The Bertz CT molecular complexity index is 572. The van der Waals surface area contributed by atoms with Crippen LogP contribution in [-0.2, 0) is 0 Å². The first-order valence-corrected chi connectivity index (χ1v) is 9.56. The number of nitrogens with one attached hydrogen (secondary N) is 1. The molecule has 0 radical (unpaired) electrons. The Morgan fingerprint density at radius 2 is 2.19 bits per heavy atom. The number of nitrogens with zero attached hydrogens (tertiary/aromatic N) is 5. The standard InChI is InChI=1S/C18H31F3N6/c1-4-23-17(24-7-5-9-25(3)13-18(19,20)21)26-10-6-15(2)16(12-26)27-11-8-22-14-27/h8,11,14-16H,4-7,9-10,12-13H2,1-3H3,(H,23,24). The van der Waals surface area contributed by atoms with Gasteiger partial charge in [0, 0.05) is 38.6 Å². The molecule has 6 nitrogen and oxygen atoms in total. The second-order valence-corrected chi connectivity index (χ2v) is 7.23. The summed E-state index contributed by atoms with van der Waals surface area (Å²) < 4.78 is 39.3. The molecule has 1 fully saturated rings. The number of piperidine rings is 1. The van der Waals surface area contributed by atoms with Crippen molar-refractivity contribution in [2.45, 2.75) is 38.9 Å². The zero-order chi connectivity index (χ0) is 19.9. The molecule has 0 bridgehead atoms. The molecule has 27 heavy (non-hydrogen) atoms. The van der Waals surface area contributed by atoms with Gasteiger partial charge in [0.25, 0.3) is 0 Å². The third-order valence-electron chi connectivity index (χ3n) is 4.87. The van der Waals surface area contributed by atoms with Crippen LogP contribution in [0.3, 0.4) is 0 Å². The van der Waals surface area contributed by atoms with Crippen LogP contribution in [0.1, 0.15) is 32.7 Å². The molecular weight excluding hydrogens is 357 g/mol. The second-order valence-electron chi connectivity index (χ2n) is 7.23. The van der Waals surface area contributed by atoms with Crippen molar-refractivity contribution < 1.29 is 13.2 Å². The molecular formula is C18H31F3N6. The van der Waals surface area contributed by atoms with E-state index in [-0.39, 0.29) is 0 Å². The van der Waals surface area contributed by atoms with Crippen LogP contribution < -0.4 is 5.32 Å². The maximum atomic E-state index is 12.4. The molecule has 9 heteroatoms. The van der Waals surface area contributed by atoms with Crippen LogP contribution in [0.25, 0.3) is 0 Å². The van der Waals surface area contributed by atoms with E-state index in [1.807, 2.05) is 19.4 Å². The maximum Gasteiger partial charge on any atom is 0.401 e. The molecule has 1 saturated heterocycles. The summed E-state index contributed by atoms with van der Waals surface area (Å²) in [5.74, 6) is 1.39. The SMILES string of the molecule is CCNC(=NCCCN(C)CC(F)(F)F)N1CCC(C)C(n2ccnc2)C1. The minimum Gasteiger partial charge on any atom is -0.357 e. The fraction of sp³-hybridized carbons (Fsp3) is 0.778. The zero-order valence-corrected chi connectivity index (χ0v) is 16.4. The Morgan fingerprint density at radius 1 is 1.41 bits per heavy atom. The lowest BCUT2D eigenvalue weighted by Crippen LogP contribution is -2.49. The quantitative estimate of drug-likeness (QED) is 0.443. The normalized spacial score (nSPS) is 21.7. The molecule has 1 aromatic heterocycles. The highest BCUT2D eigenvalue weighted by molar-refractivity contribution is 5.80. The van der Waals surface area contributed by atoms with Gasteiger partial charge in [0.1, 0.15) is 0 Å². The molecule has 2 rings (SSSR count). The van der Waals surface area contributed by atoms with Crippen LogP contribution in [0.15, 0.2) is 23.7 Å². The third-order valence-corrected chi connectivity index (χ3v) is 4.87. The lowest BCUT2D eigenvalue weighted by Gasteiger charge is -2.39. The Morgan fingerprint density at radius 3 is 2.81 bits per heavy atom. The number of aromatic nitrogens is 2. The lowest BCUT2D eigenvalue weighted by atomic mass is 9.93. The number of rotatable bonds is 7. The number of hydrogen-bond acceptors (Lipinski definition) is 3.